The number of nitrogens with zero attached hydrogens (tertiary/aromatic N) is 4. The third kappa shape index (κ3) is 3.82. The van der Waals surface area contributed by atoms with E-state index in [-0.39, 0.29) is 29.4 Å². The Morgan fingerprint density at radius 2 is 1.95 bits per heavy atom. The number of ketones is 1. The largest absolute Gasteiger partial charge is 0.389 e. The Morgan fingerprint density at radius 3 is 2.67 bits per heavy atom. The van der Waals surface area contributed by atoms with E-state index in [4.69, 9.17) is 9.97 Å². The lowest BCUT2D eigenvalue weighted by Crippen LogP contribution is -2.36. The van der Waals surface area contributed by atoms with Gasteiger partial charge in [0.05, 0.1) is 23.9 Å². The van der Waals surface area contributed by atoms with Crippen LogP contribution in [0.5, 0.6) is 0 Å². The topological polar surface area (TPSA) is 113 Å². The van der Waals surface area contributed by atoms with Crippen molar-refractivity contribution in [3.63, 3.8) is 0 Å². The van der Waals surface area contributed by atoms with Crippen molar-refractivity contribution in [2.45, 2.75) is 56.9 Å². The lowest BCUT2D eigenvalue weighted by atomic mass is 9.95. The summed E-state index contributed by atoms with van der Waals surface area (Å²) in [7, 11) is 0. The van der Waals surface area contributed by atoms with Crippen LogP contribution in [0.1, 0.15) is 54.2 Å². The molecule has 0 bridgehead atoms. The van der Waals surface area contributed by atoms with E-state index in [1.54, 1.807) is 30.0 Å². The molecule has 40 heavy (non-hydrogen) atoms. The van der Waals surface area contributed by atoms with E-state index in [0.29, 0.717) is 40.4 Å². The Hall–Kier alpha value is -4.13. The van der Waals surface area contributed by atoms with Gasteiger partial charge in [-0.1, -0.05) is 36.3 Å². The highest BCUT2D eigenvalue weighted by molar-refractivity contribution is 5.88. The summed E-state index contributed by atoms with van der Waals surface area (Å²) in [6, 6.07) is 14.6. The molecular weight excluding hydrogens is 509 g/mol. The van der Waals surface area contributed by atoms with Gasteiger partial charge >= 0.3 is 0 Å². The number of aliphatic hydroxyl groups excluding tert-OH is 2. The Morgan fingerprint density at radius 1 is 1.15 bits per heavy atom. The van der Waals surface area contributed by atoms with E-state index < -0.39 is 23.7 Å². The summed E-state index contributed by atoms with van der Waals surface area (Å²) in [5.74, 6) is 6.55. The minimum absolute atomic E-state index is 0.116. The van der Waals surface area contributed by atoms with Crippen molar-refractivity contribution in [2.24, 2.45) is 11.3 Å². The number of imidazole rings is 1. The third-order valence-electron chi connectivity index (χ3n) is 8.89. The monoisotopic (exact) mass is 537 g/mol. The summed E-state index contributed by atoms with van der Waals surface area (Å²) in [6.07, 6.45) is 0.785. The second-order valence-corrected chi connectivity index (χ2v) is 11.3. The van der Waals surface area contributed by atoms with Crippen molar-refractivity contribution in [3.8, 4) is 11.8 Å². The van der Waals surface area contributed by atoms with Crippen molar-refractivity contribution in [1.82, 2.24) is 19.5 Å². The van der Waals surface area contributed by atoms with Gasteiger partial charge in [0.25, 0.3) is 0 Å². The van der Waals surface area contributed by atoms with Crippen LogP contribution in [0, 0.1) is 35.9 Å². The number of nitrogens with one attached hydrogen (secondary N) is 1. The molecule has 3 aliphatic carbocycles. The number of Topliss-reactive ketones (excluding diaryl/α,β-unsaturated/α-hetero) is 1. The van der Waals surface area contributed by atoms with Crippen molar-refractivity contribution in [2.75, 3.05) is 5.32 Å². The standard InChI is InChI=1S/C31H28FN5O3/c1-16-12-18(8-10-22(16)32)9-11-24-35-29(34-23-13-20(23)19-6-4-3-5-7-19)25-30(36-24)37(15-33-25)26-21-14-31(21,17(2)38)28(40)27(26)39/h3-8,10,12,15,20-21,23,26-28,39-40H,13-14H2,1-2H3,(H,34,35,36)/t20?,21?,23-,26-,27+,28?,31-/m1/s1. The Bertz CT molecular complexity index is 1730. The molecule has 0 radical (unpaired) electrons. The summed E-state index contributed by atoms with van der Waals surface area (Å²) in [5, 5.41) is 25.3. The average molecular weight is 538 g/mol. The molecule has 3 fully saturated rings. The number of aryl methyl sites for hydroxylation is 1. The molecule has 0 amide bonds. The maximum atomic E-state index is 13.7. The van der Waals surface area contributed by atoms with E-state index in [9.17, 15) is 19.4 Å². The minimum atomic E-state index is -1.14. The van der Waals surface area contributed by atoms with Crippen LogP contribution in [0.4, 0.5) is 10.2 Å². The number of hydrogen-bond acceptors (Lipinski definition) is 7. The Kier molecular flexibility index (Phi) is 5.56. The highest BCUT2D eigenvalue weighted by atomic mass is 19.1. The summed E-state index contributed by atoms with van der Waals surface area (Å²) >= 11 is 0. The molecule has 3 N–H and O–H groups in total. The predicted octanol–water partition coefficient (Wildman–Crippen LogP) is 3.51. The molecule has 2 heterocycles. The lowest BCUT2D eigenvalue weighted by Gasteiger charge is -2.23. The van der Waals surface area contributed by atoms with E-state index in [1.165, 1.54) is 18.6 Å². The molecule has 3 unspecified atom stereocenters. The SMILES string of the molecule is CC(=O)[C@]12CC1[C@@H](n1cnc3c(N[C@@H]4CC4c4ccccc4)nc(C#Cc4ccc(F)c(C)c4)nc31)[C@H](O)C2O. The summed E-state index contributed by atoms with van der Waals surface area (Å²) in [5.41, 5.74) is 2.46. The zero-order valence-electron chi connectivity index (χ0n) is 22.0. The van der Waals surface area contributed by atoms with Gasteiger partial charge in [-0.2, -0.15) is 0 Å². The summed E-state index contributed by atoms with van der Waals surface area (Å²) in [6.45, 7) is 3.15. The van der Waals surface area contributed by atoms with Gasteiger partial charge in [-0.3, -0.25) is 4.79 Å². The normalized spacial score (nSPS) is 29.9. The van der Waals surface area contributed by atoms with Gasteiger partial charge in [0.2, 0.25) is 5.82 Å². The lowest BCUT2D eigenvalue weighted by molar-refractivity contribution is -0.128. The molecule has 0 aliphatic heterocycles. The number of hydrogen-bond donors (Lipinski definition) is 3. The highest BCUT2D eigenvalue weighted by Crippen LogP contribution is 2.68. The van der Waals surface area contributed by atoms with Crippen LogP contribution in [0.3, 0.4) is 0 Å². The summed E-state index contributed by atoms with van der Waals surface area (Å²) < 4.78 is 15.5. The van der Waals surface area contributed by atoms with E-state index in [0.717, 1.165) is 6.42 Å². The van der Waals surface area contributed by atoms with Gasteiger partial charge in [-0.25, -0.2) is 19.3 Å². The first-order valence-corrected chi connectivity index (χ1v) is 13.5. The van der Waals surface area contributed by atoms with Crippen LogP contribution in [0.15, 0.2) is 54.9 Å². The molecule has 0 saturated heterocycles. The fourth-order valence-corrected chi connectivity index (χ4v) is 6.51. The second kappa shape index (κ2) is 8.95. The highest BCUT2D eigenvalue weighted by Gasteiger charge is 2.74. The predicted molar refractivity (Wildman–Crippen MR) is 146 cm³/mol. The average Bonchev–Trinajstić information content (AvgIpc) is 3.83. The van der Waals surface area contributed by atoms with Gasteiger partial charge in [0.1, 0.15) is 17.7 Å². The smallest absolute Gasteiger partial charge is 0.209 e. The molecule has 9 heteroatoms. The Labute approximate surface area is 230 Å². The van der Waals surface area contributed by atoms with Crippen LogP contribution >= 0.6 is 0 Å². The minimum Gasteiger partial charge on any atom is -0.389 e. The van der Waals surface area contributed by atoms with E-state index >= 15 is 0 Å². The number of fused-ring (bicyclic) bond motifs is 2. The van der Waals surface area contributed by atoms with Gasteiger partial charge in [-0.05, 0) is 67.9 Å². The molecule has 3 saturated carbocycles. The number of aromatic nitrogens is 4. The fraction of sp³-hybridized carbons (Fsp3) is 0.355. The van der Waals surface area contributed by atoms with Crippen molar-refractivity contribution < 1.29 is 19.4 Å². The molecule has 0 spiro atoms. The number of carbonyl (C=O) groups is 1. The molecule has 3 aliphatic rings. The van der Waals surface area contributed by atoms with Gasteiger partial charge in [0, 0.05) is 17.5 Å². The molecule has 8 nitrogen and oxygen atoms in total. The maximum Gasteiger partial charge on any atom is 0.209 e. The number of carbonyl (C=O) groups excluding carboxylic acids is 1. The fourth-order valence-electron chi connectivity index (χ4n) is 6.51. The first-order chi connectivity index (χ1) is 19.3. The quantitative estimate of drug-likeness (QED) is 0.334. The first kappa shape index (κ1) is 24.9. The molecule has 7 rings (SSSR count). The van der Waals surface area contributed by atoms with Crippen molar-refractivity contribution in [3.05, 3.63) is 83.2 Å². The van der Waals surface area contributed by atoms with Crippen molar-refractivity contribution in [1.29, 1.82) is 0 Å². The van der Waals surface area contributed by atoms with Gasteiger partial charge in [0.15, 0.2) is 17.0 Å². The van der Waals surface area contributed by atoms with Crippen molar-refractivity contribution >= 4 is 22.8 Å². The summed E-state index contributed by atoms with van der Waals surface area (Å²) in [4.78, 5) is 26.4. The number of aliphatic hydroxyl groups is 2. The van der Waals surface area contributed by atoms with Crippen LogP contribution in [-0.4, -0.2) is 53.8 Å². The molecular formula is C31H28FN5O3. The van der Waals surface area contributed by atoms with Crippen LogP contribution in [0.25, 0.3) is 11.2 Å². The number of halogens is 1. The number of rotatable bonds is 5. The van der Waals surface area contributed by atoms with E-state index in [2.05, 4.69) is 34.3 Å². The molecule has 2 aromatic carbocycles. The van der Waals surface area contributed by atoms with Crippen LogP contribution in [0.2, 0.25) is 0 Å². The molecule has 7 atom stereocenters. The third-order valence-corrected chi connectivity index (χ3v) is 8.89. The Balaban J connectivity index is 1.28. The van der Waals surface area contributed by atoms with Gasteiger partial charge < -0.3 is 20.1 Å². The number of anilines is 1. The first-order valence-electron chi connectivity index (χ1n) is 13.5. The zero-order valence-corrected chi connectivity index (χ0v) is 22.0. The second-order valence-electron chi connectivity index (χ2n) is 11.3. The van der Waals surface area contributed by atoms with Crippen LogP contribution < -0.4 is 5.32 Å². The molecule has 2 aromatic heterocycles. The number of benzene rings is 2. The van der Waals surface area contributed by atoms with E-state index in [1.807, 2.05) is 18.2 Å². The molecule has 4 aromatic rings. The zero-order chi connectivity index (χ0) is 27.8. The van der Waals surface area contributed by atoms with Gasteiger partial charge in [-0.15, -0.1) is 0 Å². The molecule has 202 valence electrons. The van der Waals surface area contributed by atoms with Crippen LogP contribution in [-0.2, 0) is 4.79 Å². The maximum absolute atomic E-state index is 13.7.